The summed E-state index contributed by atoms with van der Waals surface area (Å²) in [5.74, 6) is -0.0784. The minimum absolute atomic E-state index is 0.0784. The summed E-state index contributed by atoms with van der Waals surface area (Å²) in [5.41, 5.74) is 0. The van der Waals surface area contributed by atoms with E-state index in [2.05, 4.69) is 11.7 Å². The van der Waals surface area contributed by atoms with E-state index in [4.69, 9.17) is 4.74 Å². The first-order chi connectivity index (χ1) is 11.2. The van der Waals surface area contributed by atoms with Crippen molar-refractivity contribution in [1.82, 2.24) is 0 Å². The second-order valence-electron chi connectivity index (χ2n) is 6.65. The third kappa shape index (κ3) is 16.1. The van der Waals surface area contributed by atoms with Gasteiger partial charge < -0.3 is 9.47 Å². The second kappa shape index (κ2) is 17.8. The van der Waals surface area contributed by atoms with Gasteiger partial charge in [-0.15, -0.1) is 0 Å². The molecule has 0 heterocycles. The first-order valence-corrected chi connectivity index (χ1v) is 9.84. The van der Waals surface area contributed by atoms with Crippen LogP contribution in [0.25, 0.3) is 0 Å². The van der Waals surface area contributed by atoms with Gasteiger partial charge in [0.05, 0.1) is 13.2 Å². The first-order valence-electron chi connectivity index (χ1n) is 9.84. The third-order valence-corrected chi connectivity index (χ3v) is 4.60. The minimum Gasteiger partial charge on any atom is -0.469 e. The van der Waals surface area contributed by atoms with Crippen LogP contribution in [-0.4, -0.2) is 26.3 Å². The molecule has 0 saturated heterocycles. The van der Waals surface area contributed by atoms with Crippen LogP contribution in [0, 0.1) is 0 Å². The summed E-state index contributed by atoms with van der Waals surface area (Å²) in [7, 11) is 3.32. The molecule has 0 radical (unpaired) electrons. The lowest BCUT2D eigenvalue weighted by atomic mass is 10.0. The van der Waals surface area contributed by atoms with E-state index < -0.39 is 0 Å². The van der Waals surface area contributed by atoms with Crippen molar-refractivity contribution in [2.75, 3.05) is 14.2 Å². The summed E-state index contributed by atoms with van der Waals surface area (Å²) in [6, 6.07) is 0. The monoisotopic (exact) mass is 328 g/mol. The maximum Gasteiger partial charge on any atom is 0.305 e. The molecule has 0 aromatic heterocycles. The highest BCUT2D eigenvalue weighted by atomic mass is 16.5. The van der Waals surface area contributed by atoms with Crippen LogP contribution in [-0.2, 0) is 14.3 Å². The van der Waals surface area contributed by atoms with Crippen LogP contribution in [0.1, 0.15) is 103 Å². The van der Waals surface area contributed by atoms with Crippen LogP contribution < -0.4 is 0 Å². The SMILES string of the molecule is CCCCCCCC(CCCCCCCCCC(=O)OC)OC. The van der Waals surface area contributed by atoms with Crippen molar-refractivity contribution < 1.29 is 14.3 Å². The summed E-state index contributed by atoms with van der Waals surface area (Å²) in [5, 5.41) is 0. The normalized spacial score (nSPS) is 12.3. The zero-order chi connectivity index (χ0) is 17.2. The predicted octanol–water partition coefficient (Wildman–Crippen LogP) is 6.05. The van der Waals surface area contributed by atoms with Crippen LogP contribution in [0.2, 0.25) is 0 Å². The summed E-state index contributed by atoms with van der Waals surface area (Å²) < 4.78 is 10.2. The number of carbonyl (C=O) groups is 1. The Kier molecular flexibility index (Phi) is 17.3. The van der Waals surface area contributed by atoms with Gasteiger partial charge in [0.15, 0.2) is 0 Å². The van der Waals surface area contributed by atoms with Crippen molar-refractivity contribution in [2.24, 2.45) is 0 Å². The van der Waals surface area contributed by atoms with E-state index in [9.17, 15) is 4.79 Å². The fraction of sp³-hybridized carbons (Fsp3) is 0.950. The topological polar surface area (TPSA) is 35.5 Å². The molecule has 0 rings (SSSR count). The van der Waals surface area contributed by atoms with Crippen molar-refractivity contribution in [3.05, 3.63) is 0 Å². The van der Waals surface area contributed by atoms with Crippen molar-refractivity contribution >= 4 is 5.97 Å². The Balaban J connectivity index is 3.32. The molecular formula is C20H40O3. The molecule has 0 amide bonds. The molecule has 0 aromatic carbocycles. The number of ether oxygens (including phenoxy) is 2. The Labute approximate surface area is 144 Å². The highest BCUT2D eigenvalue weighted by molar-refractivity contribution is 5.68. The number of methoxy groups -OCH3 is 2. The van der Waals surface area contributed by atoms with Gasteiger partial charge >= 0.3 is 5.97 Å². The average molecular weight is 329 g/mol. The van der Waals surface area contributed by atoms with E-state index in [0.29, 0.717) is 12.5 Å². The Hall–Kier alpha value is -0.570. The van der Waals surface area contributed by atoms with Gasteiger partial charge in [0.2, 0.25) is 0 Å². The molecule has 0 aliphatic heterocycles. The standard InChI is InChI=1S/C20H40O3/c1-4-5-6-10-13-16-19(22-2)17-14-11-8-7-9-12-15-18-20(21)23-3/h19H,4-18H2,1-3H3. The van der Waals surface area contributed by atoms with Crippen molar-refractivity contribution in [3.8, 4) is 0 Å². The van der Waals surface area contributed by atoms with E-state index in [1.165, 1.54) is 84.2 Å². The number of carbonyl (C=O) groups excluding carboxylic acids is 1. The molecule has 1 atom stereocenters. The molecule has 138 valence electrons. The zero-order valence-electron chi connectivity index (χ0n) is 15.9. The molecule has 0 bridgehead atoms. The summed E-state index contributed by atoms with van der Waals surface area (Å²) in [6.45, 7) is 2.26. The van der Waals surface area contributed by atoms with Gasteiger partial charge in [-0.25, -0.2) is 0 Å². The molecular weight excluding hydrogens is 288 g/mol. The highest BCUT2D eigenvalue weighted by Crippen LogP contribution is 2.16. The molecule has 0 spiro atoms. The zero-order valence-corrected chi connectivity index (χ0v) is 15.9. The highest BCUT2D eigenvalue weighted by Gasteiger charge is 2.06. The van der Waals surface area contributed by atoms with Crippen LogP contribution in [0.5, 0.6) is 0 Å². The van der Waals surface area contributed by atoms with E-state index in [1.54, 1.807) is 0 Å². The first kappa shape index (κ1) is 22.4. The van der Waals surface area contributed by atoms with Gasteiger partial charge in [-0.2, -0.15) is 0 Å². The van der Waals surface area contributed by atoms with Crippen LogP contribution in [0.15, 0.2) is 0 Å². The molecule has 0 aliphatic carbocycles. The molecule has 1 unspecified atom stereocenters. The van der Waals surface area contributed by atoms with Gasteiger partial charge in [0.1, 0.15) is 0 Å². The van der Waals surface area contributed by atoms with E-state index >= 15 is 0 Å². The average Bonchev–Trinajstić information content (AvgIpc) is 2.57. The molecule has 23 heavy (non-hydrogen) atoms. The second-order valence-corrected chi connectivity index (χ2v) is 6.65. The molecule has 0 fully saturated rings. The molecule has 0 aromatic rings. The van der Waals surface area contributed by atoms with E-state index in [1.807, 2.05) is 7.11 Å². The molecule has 0 aliphatic rings. The minimum atomic E-state index is -0.0784. The number of esters is 1. The van der Waals surface area contributed by atoms with Gasteiger partial charge in [0, 0.05) is 13.5 Å². The lowest BCUT2D eigenvalue weighted by Gasteiger charge is -2.15. The number of unbranched alkanes of at least 4 members (excludes halogenated alkanes) is 10. The maximum absolute atomic E-state index is 11.0. The molecule has 3 heteroatoms. The van der Waals surface area contributed by atoms with E-state index in [0.717, 1.165) is 12.8 Å². The van der Waals surface area contributed by atoms with Gasteiger partial charge in [-0.1, -0.05) is 77.6 Å². The lowest BCUT2D eigenvalue weighted by Crippen LogP contribution is -2.10. The Morgan fingerprint density at radius 3 is 1.70 bits per heavy atom. The Bertz CT molecular complexity index is 253. The van der Waals surface area contributed by atoms with Gasteiger partial charge in [-0.3, -0.25) is 4.79 Å². The maximum atomic E-state index is 11.0. The van der Waals surface area contributed by atoms with Crippen molar-refractivity contribution in [1.29, 1.82) is 0 Å². The molecule has 0 saturated carbocycles. The smallest absolute Gasteiger partial charge is 0.305 e. The number of hydrogen-bond acceptors (Lipinski definition) is 3. The fourth-order valence-electron chi connectivity index (χ4n) is 2.98. The number of hydrogen-bond donors (Lipinski definition) is 0. The number of rotatable bonds is 17. The quantitative estimate of drug-likeness (QED) is 0.241. The largest absolute Gasteiger partial charge is 0.469 e. The molecule has 3 nitrogen and oxygen atoms in total. The van der Waals surface area contributed by atoms with Gasteiger partial charge in [-0.05, 0) is 19.3 Å². The van der Waals surface area contributed by atoms with Crippen LogP contribution >= 0.6 is 0 Å². The summed E-state index contributed by atoms with van der Waals surface area (Å²) >= 11 is 0. The third-order valence-electron chi connectivity index (χ3n) is 4.60. The van der Waals surface area contributed by atoms with E-state index in [-0.39, 0.29) is 5.97 Å². The van der Waals surface area contributed by atoms with Crippen molar-refractivity contribution in [2.45, 2.75) is 109 Å². The summed E-state index contributed by atoms with van der Waals surface area (Å²) in [4.78, 5) is 11.0. The van der Waals surface area contributed by atoms with Crippen molar-refractivity contribution in [3.63, 3.8) is 0 Å². The van der Waals surface area contributed by atoms with Crippen LogP contribution in [0.4, 0.5) is 0 Å². The Morgan fingerprint density at radius 1 is 0.739 bits per heavy atom. The Morgan fingerprint density at radius 2 is 1.22 bits per heavy atom. The van der Waals surface area contributed by atoms with Crippen LogP contribution in [0.3, 0.4) is 0 Å². The fourth-order valence-corrected chi connectivity index (χ4v) is 2.98. The summed E-state index contributed by atoms with van der Waals surface area (Å²) in [6.07, 6.45) is 18.8. The predicted molar refractivity (Wildman–Crippen MR) is 97.7 cm³/mol. The molecule has 0 N–H and O–H groups in total. The van der Waals surface area contributed by atoms with Gasteiger partial charge in [0.25, 0.3) is 0 Å². The lowest BCUT2D eigenvalue weighted by molar-refractivity contribution is -0.140.